The summed E-state index contributed by atoms with van der Waals surface area (Å²) in [4.78, 5) is 43.5. The average molecular weight is 388 g/mol. The van der Waals surface area contributed by atoms with E-state index in [9.17, 15) is 24.6 Å². The molecular formula is C19H24N4O5. The lowest BCUT2D eigenvalue weighted by molar-refractivity contribution is -0.142. The number of hydrogen-bond donors (Lipinski definition) is 5. The molecule has 2 aromatic rings. The highest BCUT2D eigenvalue weighted by atomic mass is 16.4. The number of carbonyl (C=O) groups is 3. The Morgan fingerprint density at radius 2 is 1.79 bits per heavy atom. The Balaban J connectivity index is 2.15. The zero-order valence-electron chi connectivity index (χ0n) is 15.7. The number of aromatic nitrogens is 2. The van der Waals surface area contributed by atoms with Crippen LogP contribution in [0.4, 0.5) is 0 Å². The molecule has 0 saturated heterocycles. The van der Waals surface area contributed by atoms with E-state index in [1.807, 2.05) is 13.8 Å². The molecule has 0 spiro atoms. The molecule has 0 aliphatic heterocycles. The number of amides is 2. The first kappa shape index (κ1) is 20.9. The van der Waals surface area contributed by atoms with Crippen molar-refractivity contribution in [2.45, 2.75) is 38.8 Å². The van der Waals surface area contributed by atoms with Crippen LogP contribution in [0.15, 0.2) is 36.8 Å². The van der Waals surface area contributed by atoms with Gasteiger partial charge in [-0.1, -0.05) is 13.8 Å². The topological polar surface area (TPSA) is 144 Å². The minimum atomic E-state index is -1.13. The number of hydrogen-bond acceptors (Lipinski definition) is 5. The number of phenolic OH excluding ortho intramolecular Hbond substituents is 1. The van der Waals surface area contributed by atoms with Crippen LogP contribution in [0.1, 0.15) is 36.3 Å². The fraction of sp³-hybridized carbons (Fsp3) is 0.368. The summed E-state index contributed by atoms with van der Waals surface area (Å²) >= 11 is 0. The Morgan fingerprint density at radius 1 is 1.11 bits per heavy atom. The quantitative estimate of drug-likeness (QED) is 0.435. The number of aromatic hydroxyl groups is 1. The lowest BCUT2D eigenvalue weighted by atomic mass is 10.0. The van der Waals surface area contributed by atoms with Crippen molar-refractivity contribution in [1.29, 1.82) is 0 Å². The van der Waals surface area contributed by atoms with Crippen molar-refractivity contribution in [3.63, 3.8) is 0 Å². The third-order valence-electron chi connectivity index (χ3n) is 4.04. The summed E-state index contributed by atoms with van der Waals surface area (Å²) in [6.07, 6.45) is 3.40. The van der Waals surface area contributed by atoms with Crippen LogP contribution in [0.3, 0.4) is 0 Å². The summed E-state index contributed by atoms with van der Waals surface area (Å²) in [6.45, 7) is 3.71. The number of aromatic amines is 1. The number of imidazole rings is 1. The number of H-pyrrole nitrogens is 1. The highest BCUT2D eigenvalue weighted by molar-refractivity contribution is 5.98. The van der Waals surface area contributed by atoms with E-state index in [0.717, 1.165) is 0 Å². The Labute approximate surface area is 162 Å². The van der Waals surface area contributed by atoms with Crippen molar-refractivity contribution < 1.29 is 24.6 Å². The Morgan fingerprint density at radius 3 is 2.32 bits per heavy atom. The van der Waals surface area contributed by atoms with Crippen LogP contribution in [0, 0.1) is 5.92 Å². The van der Waals surface area contributed by atoms with Gasteiger partial charge in [-0.05, 0) is 36.6 Å². The van der Waals surface area contributed by atoms with Gasteiger partial charge in [-0.2, -0.15) is 0 Å². The average Bonchev–Trinajstić information content (AvgIpc) is 3.13. The summed E-state index contributed by atoms with van der Waals surface area (Å²) < 4.78 is 0. The zero-order chi connectivity index (χ0) is 20.7. The van der Waals surface area contributed by atoms with Crippen molar-refractivity contribution in [2.75, 3.05) is 0 Å². The molecule has 0 aliphatic carbocycles. The van der Waals surface area contributed by atoms with E-state index in [1.165, 1.54) is 30.6 Å². The Hall–Kier alpha value is -3.36. The molecule has 0 unspecified atom stereocenters. The van der Waals surface area contributed by atoms with Crippen molar-refractivity contribution in [3.05, 3.63) is 48.0 Å². The SMILES string of the molecule is CC(C)C[C@H](NC(=O)[C@H](Cc1c[nH]cn1)NC(=O)c1ccc(O)cc1)C(=O)O. The van der Waals surface area contributed by atoms with Crippen LogP contribution >= 0.6 is 0 Å². The highest BCUT2D eigenvalue weighted by Gasteiger charge is 2.28. The van der Waals surface area contributed by atoms with E-state index in [1.54, 1.807) is 6.20 Å². The van der Waals surface area contributed by atoms with Crippen LogP contribution in [-0.4, -0.2) is 50.0 Å². The number of carboxylic acids is 1. The van der Waals surface area contributed by atoms with Gasteiger partial charge in [-0.3, -0.25) is 9.59 Å². The molecule has 2 rings (SSSR count). The van der Waals surface area contributed by atoms with Gasteiger partial charge in [0.2, 0.25) is 5.91 Å². The molecule has 150 valence electrons. The van der Waals surface area contributed by atoms with Crippen molar-refractivity contribution >= 4 is 17.8 Å². The number of aliphatic carboxylic acids is 1. The fourth-order valence-electron chi connectivity index (χ4n) is 2.64. The molecule has 0 radical (unpaired) electrons. The third kappa shape index (κ3) is 6.11. The normalized spacial score (nSPS) is 13.0. The molecular weight excluding hydrogens is 364 g/mol. The largest absolute Gasteiger partial charge is 0.508 e. The molecule has 0 bridgehead atoms. The maximum atomic E-state index is 12.7. The maximum absolute atomic E-state index is 12.7. The van der Waals surface area contributed by atoms with Crippen molar-refractivity contribution in [2.24, 2.45) is 5.92 Å². The summed E-state index contributed by atoms with van der Waals surface area (Å²) in [7, 11) is 0. The van der Waals surface area contributed by atoms with Gasteiger partial charge in [0.05, 0.1) is 12.0 Å². The van der Waals surface area contributed by atoms with Crippen LogP contribution in [0.5, 0.6) is 5.75 Å². The monoisotopic (exact) mass is 388 g/mol. The van der Waals surface area contributed by atoms with Crippen molar-refractivity contribution in [3.8, 4) is 5.75 Å². The number of phenols is 1. The minimum Gasteiger partial charge on any atom is -0.508 e. The molecule has 2 amide bonds. The number of rotatable bonds is 9. The second-order valence-electron chi connectivity index (χ2n) is 6.87. The Bertz CT molecular complexity index is 802. The zero-order valence-corrected chi connectivity index (χ0v) is 15.7. The smallest absolute Gasteiger partial charge is 0.326 e. The van der Waals surface area contributed by atoms with E-state index in [2.05, 4.69) is 20.6 Å². The van der Waals surface area contributed by atoms with Gasteiger partial charge >= 0.3 is 5.97 Å². The standard InChI is InChI=1S/C19H24N4O5/c1-11(2)7-16(19(27)28)23-18(26)15(8-13-9-20-10-21-13)22-17(25)12-3-5-14(24)6-4-12/h3-6,9-11,15-16,24H,7-8H2,1-2H3,(H,20,21)(H,22,25)(H,23,26)(H,27,28)/t15-,16-/m0/s1. The lowest BCUT2D eigenvalue weighted by Gasteiger charge is -2.22. The van der Waals surface area contributed by atoms with E-state index < -0.39 is 29.9 Å². The van der Waals surface area contributed by atoms with E-state index in [-0.39, 0.29) is 30.1 Å². The van der Waals surface area contributed by atoms with Crippen LogP contribution < -0.4 is 10.6 Å². The molecule has 1 aromatic heterocycles. The maximum Gasteiger partial charge on any atom is 0.326 e. The summed E-state index contributed by atoms with van der Waals surface area (Å²) in [5.41, 5.74) is 0.802. The van der Waals surface area contributed by atoms with Gasteiger partial charge in [0.1, 0.15) is 17.8 Å². The Kier molecular flexibility index (Phi) is 7.14. The lowest BCUT2D eigenvalue weighted by Crippen LogP contribution is -2.52. The number of nitrogens with zero attached hydrogens (tertiary/aromatic N) is 1. The number of nitrogens with one attached hydrogen (secondary N) is 3. The summed E-state index contributed by atoms with van der Waals surface area (Å²) in [5.74, 6) is -2.18. The number of carboxylic acid groups (broad SMARTS) is 1. The molecule has 9 nitrogen and oxygen atoms in total. The summed E-state index contributed by atoms with van der Waals surface area (Å²) in [5, 5.41) is 23.8. The number of carbonyl (C=O) groups excluding carboxylic acids is 2. The molecule has 28 heavy (non-hydrogen) atoms. The minimum absolute atomic E-state index is 0.0142. The molecule has 0 aliphatic rings. The molecule has 1 aromatic carbocycles. The first-order chi connectivity index (χ1) is 13.3. The highest BCUT2D eigenvalue weighted by Crippen LogP contribution is 2.11. The second-order valence-corrected chi connectivity index (χ2v) is 6.87. The van der Waals surface area contributed by atoms with Crippen LogP contribution in [0.2, 0.25) is 0 Å². The van der Waals surface area contributed by atoms with E-state index in [4.69, 9.17) is 0 Å². The first-order valence-electron chi connectivity index (χ1n) is 8.87. The van der Waals surface area contributed by atoms with Crippen LogP contribution in [0.25, 0.3) is 0 Å². The number of benzene rings is 1. The molecule has 0 fully saturated rings. The van der Waals surface area contributed by atoms with E-state index in [0.29, 0.717) is 5.69 Å². The molecule has 2 atom stereocenters. The second kappa shape index (κ2) is 9.54. The first-order valence-corrected chi connectivity index (χ1v) is 8.87. The molecule has 9 heteroatoms. The molecule has 5 N–H and O–H groups in total. The van der Waals surface area contributed by atoms with Gasteiger partial charge < -0.3 is 25.8 Å². The molecule has 1 heterocycles. The predicted octanol–water partition coefficient (Wildman–Crippen LogP) is 1.07. The van der Waals surface area contributed by atoms with E-state index >= 15 is 0 Å². The van der Waals surface area contributed by atoms with Crippen molar-refractivity contribution in [1.82, 2.24) is 20.6 Å². The van der Waals surface area contributed by atoms with Gasteiger partial charge in [0.15, 0.2) is 0 Å². The van der Waals surface area contributed by atoms with Gasteiger partial charge in [0, 0.05) is 18.2 Å². The summed E-state index contributed by atoms with van der Waals surface area (Å²) in [6, 6.07) is 3.50. The third-order valence-corrected chi connectivity index (χ3v) is 4.04. The van der Waals surface area contributed by atoms with Gasteiger partial charge in [0.25, 0.3) is 5.91 Å². The molecule has 0 saturated carbocycles. The van der Waals surface area contributed by atoms with Crippen LogP contribution in [-0.2, 0) is 16.0 Å². The fourth-order valence-corrected chi connectivity index (χ4v) is 2.64. The van der Waals surface area contributed by atoms with Gasteiger partial charge in [-0.15, -0.1) is 0 Å². The predicted molar refractivity (Wildman–Crippen MR) is 101 cm³/mol. The van der Waals surface area contributed by atoms with Gasteiger partial charge in [-0.25, -0.2) is 9.78 Å².